The Morgan fingerprint density at radius 2 is 1.78 bits per heavy atom. The van der Waals surface area contributed by atoms with Crippen LogP contribution in [0, 0.1) is 0 Å². The third-order valence-corrected chi connectivity index (χ3v) is 4.25. The second-order valence-corrected chi connectivity index (χ2v) is 7.40. The van der Waals surface area contributed by atoms with Gasteiger partial charge in [-0.1, -0.05) is 67.8 Å². The van der Waals surface area contributed by atoms with Gasteiger partial charge in [0.1, 0.15) is 0 Å². The number of amides is 1. The smallest absolute Gasteiger partial charge is 0.225 e. The lowest BCUT2D eigenvalue weighted by Crippen LogP contribution is -2.23. The molecule has 0 radical (unpaired) electrons. The third kappa shape index (κ3) is 11.1. The van der Waals surface area contributed by atoms with Crippen LogP contribution in [0.5, 0.6) is 0 Å². The van der Waals surface area contributed by atoms with E-state index in [0.29, 0.717) is 12.8 Å². The van der Waals surface area contributed by atoms with Gasteiger partial charge in [0.05, 0.1) is 0 Å². The van der Waals surface area contributed by atoms with Crippen molar-refractivity contribution in [2.75, 3.05) is 12.0 Å². The number of rotatable bonds is 12. The Kier molecular flexibility index (Phi) is 12.7. The Bertz CT molecular complexity index is 702. The van der Waals surface area contributed by atoms with Gasteiger partial charge < -0.3 is 5.32 Å². The van der Waals surface area contributed by atoms with Crippen molar-refractivity contribution in [3.63, 3.8) is 0 Å². The minimum absolute atomic E-state index is 0.00264. The summed E-state index contributed by atoms with van der Waals surface area (Å²) in [6.45, 7) is 21.6. The average Bonchev–Trinajstić information content (AvgIpc) is 2.61. The lowest BCUT2D eigenvalue weighted by Gasteiger charge is -2.15. The maximum atomic E-state index is 12.1. The standard InChI is InChI=1S/C24H33NOS/c1-9-21(13-11-12-18(3)4)17-22(16-19(5)6)20(7)23(10-2)25-24(26)14-15-27-8/h9-13,17H,1-3,5,14-16H2,4,6-8H3,(H,25,26). The minimum Gasteiger partial charge on any atom is -0.326 e. The molecule has 0 aliphatic rings. The molecule has 146 valence electrons. The fourth-order valence-electron chi connectivity index (χ4n) is 2.20. The summed E-state index contributed by atoms with van der Waals surface area (Å²) in [6.07, 6.45) is 14.6. The molecule has 0 saturated carbocycles. The van der Waals surface area contributed by atoms with Gasteiger partial charge in [-0.15, -0.1) is 0 Å². The topological polar surface area (TPSA) is 29.1 Å². The van der Waals surface area contributed by atoms with E-state index in [2.05, 4.69) is 37.7 Å². The van der Waals surface area contributed by atoms with Crippen LogP contribution in [0.3, 0.4) is 0 Å². The van der Waals surface area contributed by atoms with Crippen molar-refractivity contribution >= 4 is 17.7 Å². The van der Waals surface area contributed by atoms with Gasteiger partial charge in [-0.25, -0.2) is 0 Å². The van der Waals surface area contributed by atoms with Gasteiger partial charge >= 0.3 is 0 Å². The van der Waals surface area contributed by atoms with E-state index in [1.807, 2.05) is 45.3 Å². The molecule has 0 aromatic rings. The highest BCUT2D eigenvalue weighted by molar-refractivity contribution is 7.98. The molecular weight excluding hydrogens is 350 g/mol. The van der Waals surface area contributed by atoms with Gasteiger partial charge in [0.25, 0.3) is 0 Å². The van der Waals surface area contributed by atoms with E-state index < -0.39 is 0 Å². The van der Waals surface area contributed by atoms with Crippen LogP contribution in [-0.4, -0.2) is 17.9 Å². The number of thioether (sulfide) groups is 1. The van der Waals surface area contributed by atoms with Gasteiger partial charge in [0, 0.05) is 17.9 Å². The lowest BCUT2D eigenvalue weighted by atomic mass is 9.96. The molecule has 0 spiro atoms. The first-order valence-electron chi connectivity index (χ1n) is 8.88. The van der Waals surface area contributed by atoms with Crippen LogP contribution >= 0.6 is 11.8 Å². The molecule has 0 rings (SSSR count). The first-order chi connectivity index (χ1) is 12.7. The number of hydrogen-bond acceptors (Lipinski definition) is 2. The minimum atomic E-state index is -0.00264. The fourth-order valence-corrected chi connectivity index (χ4v) is 2.58. The van der Waals surface area contributed by atoms with Crippen molar-refractivity contribution < 1.29 is 4.79 Å². The van der Waals surface area contributed by atoms with E-state index in [4.69, 9.17) is 0 Å². The van der Waals surface area contributed by atoms with Gasteiger partial charge in [-0.2, -0.15) is 11.8 Å². The maximum absolute atomic E-state index is 12.1. The largest absolute Gasteiger partial charge is 0.326 e. The zero-order valence-corrected chi connectivity index (χ0v) is 18.0. The summed E-state index contributed by atoms with van der Waals surface area (Å²) in [6, 6.07) is 0. The Morgan fingerprint density at radius 1 is 1.11 bits per heavy atom. The molecule has 2 nitrogen and oxygen atoms in total. The molecule has 0 unspecified atom stereocenters. The molecule has 0 aliphatic heterocycles. The SMILES string of the molecule is C=CC(=CC=CC(=C)C)C=C(CC(=C)C)C(C)=C(C=C)NC(=O)CCSC. The van der Waals surface area contributed by atoms with Crippen molar-refractivity contribution in [2.45, 2.75) is 33.6 Å². The van der Waals surface area contributed by atoms with Crippen LogP contribution in [0.1, 0.15) is 33.6 Å². The first kappa shape index (κ1) is 24.7. The normalized spacial score (nSPS) is 13.2. The third-order valence-electron chi connectivity index (χ3n) is 3.64. The summed E-state index contributed by atoms with van der Waals surface area (Å²) in [4.78, 5) is 12.1. The van der Waals surface area contributed by atoms with Crippen molar-refractivity contribution in [1.82, 2.24) is 5.32 Å². The van der Waals surface area contributed by atoms with Crippen molar-refractivity contribution in [2.24, 2.45) is 0 Å². The second kappa shape index (κ2) is 13.9. The van der Waals surface area contributed by atoms with E-state index in [0.717, 1.165) is 39.3 Å². The molecule has 0 aliphatic carbocycles. The summed E-state index contributed by atoms with van der Waals surface area (Å²) in [5.74, 6) is 0.791. The van der Waals surface area contributed by atoms with Crippen LogP contribution in [0.25, 0.3) is 0 Å². The summed E-state index contributed by atoms with van der Waals surface area (Å²) < 4.78 is 0. The Morgan fingerprint density at radius 3 is 2.26 bits per heavy atom. The van der Waals surface area contributed by atoms with Gasteiger partial charge in [-0.05, 0) is 56.2 Å². The van der Waals surface area contributed by atoms with Crippen LogP contribution in [0.4, 0.5) is 0 Å². The summed E-state index contributed by atoms with van der Waals surface area (Å²) in [5.41, 5.74) is 5.77. The molecule has 1 N–H and O–H groups in total. The summed E-state index contributed by atoms with van der Waals surface area (Å²) >= 11 is 1.65. The van der Waals surface area contributed by atoms with Crippen LogP contribution < -0.4 is 5.32 Å². The molecule has 0 aromatic carbocycles. The molecule has 0 heterocycles. The molecule has 3 heteroatoms. The van der Waals surface area contributed by atoms with Crippen LogP contribution in [0.2, 0.25) is 0 Å². The highest BCUT2D eigenvalue weighted by Gasteiger charge is 2.09. The zero-order valence-electron chi connectivity index (χ0n) is 17.2. The molecule has 1 amide bonds. The quantitative estimate of drug-likeness (QED) is 0.310. The maximum Gasteiger partial charge on any atom is 0.225 e. The molecule has 0 saturated heterocycles. The fraction of sp³-hybridized carbons (Fsp3) is 0.292. The number of nitrogens with one attached hydrogen (secondary N) is 1. The number of carbonyl (C=O) groups excluding carboxylic acids is 1. The van der Waals surface area contributed by atoms with Crippen LogP contribution in [-0.2, 0) is 4.79 Å². The van der Waals surface area contributed by atoms with Crippen LogP contribution in [0.15, 0.2) is 96.3 Å². The highest BCUT2D eigenvalue weighted by Crippen LogP contribution is 2.23. The first-order valence-corrected chi connectivity index (χ1v) is 10.3. The second-order valence-electron chi connectivity index (χ2n) is 6.41. The number of carbonyl (C=O) groups is 1. The Labute approximate surface area is 169 Å². The number of hydrogen-bond donors (Lipinski definition) is 1. The molecular formula is C24H33NOS. The average molecular weight is 384 g/mol. The molecule has 0 aromatic heterocycles. The van der Waals surface area contributed by atoms with Gasteiger partial charge in [0.2, 0.25) is 5.91 Å². The van der Waals surface area contributed by atoms with E-state index in [9.17, 15) is 4.79 Å². The predicted molar refractivity (Wildman–Crippen MR) is 124 cm³/mol. The highest BCUT2D eigenvalue weighted by atomic mass is 32.2. The predicted octanol–water partition coefficient (Wildman–Crippen LogP) is 6.45. The van der Waals surface area contributed by atoms with Crippen molar-refractivity contribution in [1.29, 1.82) is 0 Å². The van der Waals surface area contributed by atoms with E-state index in [-0.39, 0.29) is 5.91 Å². The van der Waals surface area contributed by atoms with Crippen molar-refractivity contribution in [3.8, 4) is 0 Å². The zero-order chi connectivity index (χ0) is 20.8. The molecule has 27 heavy (non-hydrogen) atoms. The monoisotopic (exact) mass is 383 g/mol. The lowest BCUT2D eigenvalue weighted by molar-refractivity contribution is -0.119. The molecule has 0 atom stereocenters. The van der Waals surface area contributed by atoms with Gasteiger partial charge in [0.15, 0.2) is 0 Å². The van der Waals surface area contributed by atoms with Gasteiger partial charge in [-0.3, -0.25) is 4.79 Å². The van der Waals surface area contributed by atoms with E-state index in [1.165, 1.54) is 0 Å². The Balaban J connectivity index is 5.88. The van der Waals surface area contributed by atoms with E-state index >= 15 is 0 Å². The molecule has 0 fully saturated rings. The summed E-state index contributed by atoms with van der Waals surface area (Å²) in [5, 5.41) is 2.97. The van der Waals surface area contributed by atoms with Crippen molar-refractivity contribution in [3.05, 3.63) is 96.3 Å². The Hall–Kier alpha value is -2.26. The molecule has 0 bridgehead atoms. The number of allylic oxidation sites excluding steroid dienone is 11. The van der Waals surface area contributed by atoms with E-state index in [1.54, 1.807) is 23.9 Å². The summed E-state index contributed by atoms with van der Waals surface area (Å²) in [7, 11) is 0.